The molecule has 2 aromatic carbocycles. The van der Waals surface area contributed by atoms with Gasteiger partial charge >= 0.3 is 6.03 Å². The Balaban J connectivity index is 1.91. The Morgan fingerprint density at radius 1 is 1.11 bits per heavy atom. The molecule has 0 aliphatic rings. The van der Waals surface area contributed by atoms with E-state index in [9.17, 15) is 9.59 Å². The van der Waals surface area contributed by atoms with Crippen molar-refractivity contribution in [2.75, 3.05) is 6.54 Å². The van der Waals surface area contributed by atoms with Gasteiger partial charge in [-0.2, -0.15) is 0 Å². The summed E-state index contributed by atoms with van der Waals surface area (Å²) >= 11 is 6.44. The van der Waals surface area contributed by atoms with Gasteiger partial charge in [0.15, 0.2) is 0 Å². The first-order chi connectivity index (χ1) is 13.0. The summed E-state index contributed by atoms with van der Waals surface area (Å²) in [7, 11) is 0. The van der Waals surface area contributed by atoms with E-state index in [1.54, 1.807) is 6.92 Å². The molecule has 27 heavy (non-hydrogen) atoms. The number of hydrogen-bond donors (Lipinski definition) is 4. The third-order valence-electron chi connectivity index (χ3n) is 4.51. The van der Waals surface area contributed by atoms with Crippen molar-refractivity contribution < 1.29 is 9.59 Å². The Labute approximate surface area is 162 Å². The highest BCUT2D eigenvalue weighted by Gasteiger charge is 2.22. The number of H-pyrrole nitrogens is 1. The number of benzene rings is 2. The number of nitrogens with one attached hydrogen (secondary N) is 3. The fourth-order valence-electron chi connectivity index (χ4n) is 3.16. The summed E-state index contributed by atoms with van der Waals surface area (Å²) in [5.74, 6) is -0.467. The lowest BCUT2D eigenvalue weighted by molar-refractivity contribution is -0.122. The highest BCUT2D eigenvalue weighted by Crippen LogP contribution is 2.34. The minimum Gasteiger partial charge on any atom is -0.361 e. The number of amides is 3. The van der Waals surface area contributed by atoms with Crippen LogP contribution in [-0.2, 0) is 4.79 Å². The number of carbonyl (C=O) groups is 2. The van der Waals surface area contributed by atoms with E-state index in [1.807, 2.05) is 54.7 Å². The van der Waals surface area contributed by atoms with Crippen molar-refractivity contribution in [3.63, 3.8) is 0 Å². The first-order valence-corrected chi connectivity index (χ1v) is 8.99. The van der Waals surface area contributed by atoms with Crippen LogP contribution >= 0.6 is 11.6 Å². The number of fused-ring (bicyclic) bond motifs is 1. The Kier molecular flexibility index (Phi) is 5.66. The molecule has 0 fully saturated rings. The minimum absolute atomic E-state index is 0.153. The first kappa shape index (κ1) is 18.8. The maximum absolute atomic E-state index is 12.3. The molecule has 0 radical (unpaired) electrons. The predicted molar refractivity (Wildman–Crippen MR) is 107 cm³/mol. The summed E-state index contributed by atoms with van der Waals surface area (Å²) in [5, 5.41) is 6.96. The van der Waals surface area contributed by atoms with Crippen LogP contribution in [0.1, 0.15) is 24.0 Å². The van der Waals surface area contributed by atoms with Crippen LogP contribution in [0.4, 0.5) is 4.79 Å². The number of aromatic nitrogens is 1. The molecular weight excluding hydrogens is 364 g/mol. The van der Waals surface area contributed by atoms with Gasteiger partial charge in [-0.15, -0.1) is 0 Å². The van der Waals surface area contributed by atoms with Crippen molar-refractivity contribution in [3.05, 3.63) is 70.9 Å². The number of aromatic amines is 1. The molecule has 0 spiro atoms. The van der Waals surface area contributed by atoms with Crippen LogP contribution < -0.4 is 16.4 Å². The maximum atomic E-state index is 12.3. The number of rotatable bonds is 6. The van der Waals surface area contributed by atoms with Gasteiger partial charge in [0, 0.05) is 34.6 Å². The summed E-state index contributed by atoms with van der Waals surface area (Å²) < 4.78 is 0. The van der Waals surface area contributed by atoms with Gasteiger partial charge in [-0.05, 0) is 30.2 Å². The van der Waals surface area contributed by atoms with Gasteiger partial charge in [-0.25, -0.2) is 4.79 Å². The predicted octanol–water partition coefficient (Wildman–Crippen LogP) is 3.13. The molecule has 0 aliphatic heterocycles. The molecular formula is C20H21ClN4O2. The van der Waals surface area contributed by atoms with Gasteiger partial charge in [0.1, 0.15) is 6.04 Å². The molecule has 1 heterocycles. The number of hydrogen-bond acceptors (Lipinski definition) is 2. The molecule has 7 heteroatoms. The summed E-state index contributed by atoms with van der Waals surface area (Å²) in [6, 6.07) is 14.1. The molecule has 0 aliphatic carbocycles. The van der Waals surface area contributed by atoms with Gasteiger partial charge in [-0.3, -0.25) is 4.79 Å². The van der Waals surface area contributed by atoms with Crippen molar-refractivity contribution in [3.8, 4) is 0 Å². The number of primary amides is 1. The van der Waals surface area contributed by atoms with Gasteiger partial charge in [0.25, 0.3) is 0 Å². The van der Waals surface area contributed by atoms with Gasteiger partial charge in [0.2, 0.25) is 5.91 Å². The third kappa shape index (κ3) is 4.23. The molecule has 0 saturated heterocycles. The van der Waals surface area contributed by atoms with E-state index >= 15 is 0 Å². The molecule has 3 rings (SSSR count). The Bertz CT molecular complexity index is 969. The number of urea groups is 1. The molecule has 2 atom stereocenters. The fraction of sp³-hybridized carbons (Fsp3) is 0.200. The minimum atomic E-state index is -0.739. The second-order valence-corrected chi connectivity index (χ2v) is 6.75. The molecule has 0 unspecified atom stereocenters. The molecule has 140 valence electrons. The van der Waals surface area contributed by atoms with E-state index in [-0.39, 0.29) is 11.8 Å². The van der Waals surface area contributed by atoms with E-state index in [4.69, 9.17) is 17.3 Å². The highest BCUT2D eigenvalue weighted by atomic mass is 35.5. The SMILES string of the molecule is C[C@H](NC(N)=O)C(=O)NC[C@@H](c1ccccc1Cl)c1c[nH]c2ccccc12. The Hall–Kier alpha value is -2.99. The van der Waals surface area contributed by atoms with Crippen LogP contribution in [0.3, 0.4) is 0 Å². The van der Waals surface area contributed by atoms with E-state index in [2.05, 4.69) is 15.6 Å². The monoisotopic (exact) mass is 384 g/mol. The zero-order chi connectivity index (χ0) is 19.4. The standard InChI is InChI=1S/C20H21ClN4O2/c1-12(25-20(22)27)19(26)24-11-15(13-6-2-4-8-17(13)21)16-10-23-18-9-5-3-7-14(16)18/h2-10,12,15,23H,11H2,1H3,(H,24,26)(H3,22,25,27)/t12-,15-/m0/s1. The topological polar surface area (TPSA) is 100 Å². The van der Waals surface area contributed by atoms with E-state index in [0.717, 1.165) is 22.0 Å². The highest BCUT2D eigenvalue weighted by molar-refractivity contribution is 6.31. The average molecular weight is 385 g/mol. The summed E-state index contributed by atoms with van der Waals surface area (Å²) in [4.78, 5) is 26.5. The Morgan fingerprint density at radius 3 is 2.56 bits per heavy atom. The zero-order valence-corrected chi connectivity index (χ0v) is 15.6. The second-order valence-electron chi connectivity index (χ2n) is 6.34. The third-order valence-corrected chi connectivity index (χ3v) is 4.85. The quantitative estimate of drug-likeness (QED) is 0.525. The lowest BCUT2D eigenvalue weighted by atomic mass is 9.90. The molecule has 0 bridgehead atoms. The smallest absolute Gasteiger partial charge is 0.312 e. The molecule has 0 saturated carbocycles. The maximum Gasteiger partial charge on any atom is 0.312 e. The van der Waals surface area contributed by atoms with E-state index < -0.39 is 12.1 Å². The summed E-state index contributed by atoms with van der Waals surface area (Å²) in [5.41, 5.74) is 8.05. The van der Waals surface area contributed by atoms with Crippen LogP contribution in [-0.4, -0.2) is 29.5 Å². The normalized spacial score (nSPS) is 13.1. The van der Waals surface area contributed by atoms with Crippen molar-refractivity contribution in [2.45, 2.75) is 18.9 Å². The fourth-order valence-corrected chi connectivity index (χ4v) is 3.43. The second kappa shape index (κ2) is 8.14. The summed E-state index contributed by atoms with van der Waals surface area (Å²) in [6.45, 7) is 1.91. The van der Waals surface area contributed by atoms with Crippen molar-refractivity contribution in [2.24, 2.45) is 5.73 Å². The van der Waals surface area contributed by atoms with Crippen LogP contribution in [0.25, 0.3) is 10.9 Å². The average Bonchev–Trinajstić information content (AvgIpc) is 3.06. The van der Waals surface area contributed by atoms with E-state index in [0.29, 0.717) is 11.6 Å². The molecule has 3 amide bonds. The van der Waals surface area contributed by atoms with Crippen LogP contribution in [0, 0.1) is 0 Å². The van der Waals surface area contributed by atoms with Crippen molar-refractivity contribution in [1.29, 1.82) is 0 Å². The number of nitrogens with two attached hydrogens (primary N) is 1. The molecule has 6 nitrogen and oxygen atoms in total. The lowest BCUT2D eigenvalue weighted by Gasteiger charge is -2.21. The zero-order valence-electron chi connectivity index (χ0n) is 14.8. The van der Waals surface area contributed by atoms with E-state index in [1.165, 1.54) is 0 Å². The Morgan fingerprint density at radius 2 is 1.81 bits per heavy atom. The molecule has 3 aromatic rings. The number of halogens is 1. The van der Waals surface area contributed by atoms with Crippen LogP contribution in [0.5, 0.6) is 0 Å². The van der Waals surface area contributed by atoms with Crippen LogP contribution in [0.15, 0.2) is 54.7 Å². The van der Waals surface area contributed by atoms with Gasteiger partial charge < -0.3 is 21.4 Å². The van der Waals surface area contributed by atoms with Crippen LogP contribution in [0.2, 0.25) is 5.02 Å². The largest absolute Gasteiger partial charge is 0.361 e. The van der Waals surface area contributed by atoms with Gasteiger partial charge in [-0.1, -0.05) is 48.0 Å². The molecule has 1 aromatic heterocycles. The van der Waals surface area contributed by atoms with Gasteiger partial charge in [0.05, 0.1) is 0 Å². The number of para-hydroxylation sites is 1. The lowest BCUT2D eigenvalue weighted by Crippen LogP contribution is -2.47. The summed E-state index contributed by atoms with van der Waals surface area (Å²) in [6.07, 6.45) is 1.94. The van der Waals surface area contributed by atoms with Crippen molar-refractivity contribution in [1.82, 2.24) is 15.6 Å². The first-order valence-electron chi connectivity index (χ1n) is 8.61. The molecule has 5 N–H and O–H groups in total. The number of carbonyl (C=O) groups excluding carboxylic acids is 2. The van der Waals surface area contributed by atoms with Crippen molar-refractivity contribution >= 4 is 34.4 Å².